The van der Waals surface area contributed by atoms with Crippen molar-refractivity contribution in [1.82, 2.24) is 19.8 Å². The highest BCUT2D eigenvalue weighted by Crippen LogP contribution is 2.33. The van der Waals surface area contributed by atoms with Crippen molar-refractivity contribution in [2.45, 2.75) is 32.0 Å². The number of carbonyl (C=O) groups excluding carboxylic acids is 2. The summed E-state index contributed by atoms with van der Waals surface area (Å²) >= 11 is 0. The van der Waals surface area contributed by atoms with Gasteiger partial charge < -0.3 is 34.7 Å². The number of hydrogen-bond acceptors (Lipinski definition) is 10. The maximum atomic E-state index is 13.8. The number of halogens is 1. The second-order valence-corrected chi connectivity index (χ2v) is 10.8. The predicted molar refractivity (Wildman–Crippen MR) is 164 cm³/mol. The van der Waals surface area contributed by atoms with Gasteiger partial charge in [0, 0.05) is 44.8 Å². The van der Waals surface area contributed by atoms with Crippen molar-refractivity contribution in [2.75, 3.05) is 57.6 Å². The van der Waals surface area contributed by atoms with Crippen LogP contribution in [-0.4, -0.2) is 91.2 Å². The van der Waals surface area contributed by atoms with Crippen LogP contribution >= 0.6 is 0 Å². The number of fused-ring (bicyclic) bond motifs is 1. The van der Waals surface area contributed by atoms with Crippen LogP contribution in [0.2, 0.25) is 0 Å². The number of pyridine rings is 2. The molecule has 2 amide bonds. The third kappa shape index (κ3) is 8.33. The molecule has 0 radical (unpaired) electrons. The number of nitrogens with zero attached hydrogens (tertiary/aromatic N) is 5. The number of nitriles is 1. The number of hydrogen-bond donors (Lipinski definition) is 2. The Labute approximate surface area is 260 Å². The number of anilines is 1. The van der Waals surface area contributed by atoms with E-state index in [1.807, 2.05) is 13.8 Å². The summed E-state index contributed by atoms with van der Waals surface area (Å²) in [7, 11) is 1.67. The van der Waals surface area contributed by atoms with Gasteiger partial charge >= 0.3 is 6.09 Å². The van der Waals surface area contributed by atoms with Crippen LogP contribution in [0.1, 0.15) is 31.1 Å². The number of aromatic nitrogens is 2. The molecule has 1 aliphatic heterocycles. The molecule has 3 atom stereocenters. The molecule has 0 saturated carbocycles. The van der Waals surface area contributed by atoms with Gasteiger partial charge in [-0.15, -0.1) is 0 Å². The van der Waals surface area contributed by atoms with Crippen LogP contribution in [-0.2, 0) is 26.1 Å². The average molecular weight is 624 g/mol. The number of rotatable bonds is 13. The number of benzene rings is 1. The number of carbonyl (C=O) groups is 2. The molecule has 4 rings (SSSR count). The van der Waals surface area contributed by atoms with Gasteiger partial charge in [0.1, 0.15) is 35.7 Å². The molecular formula is C31H38FN7O6. The Balaban J connectivity index is 1.45. The number of nitrogens with one attached hydrogen (secondary N) is 1. The van der Waals surface area contributed by atoms with Gasteiger partial charge in [0.05, 0.1) is 37.6 Å². The molecule has 3 N–H and O–H groups in total. The molecule has 0 aliphatic carbocycles. The number of piperazine rings is 1. The summed E-state index contributed by atoms with van der Waals surface area (Å²) in [6, 6.07) is 11.8. The Morgan fingerprint density at radius 3 is 2.44 bits per heavy atom. The third-order valence-corrected chi connectivity index (χ3v) is 7.68. The summed E-state index contributed by atoms with van der Waals surface area (Å²) in [6.07, 6.45) is -0.861. The summed E-state index contributed by atoms with van der Waals surface area (Å²) < 4.78 is 30.7. The highest BCUT2D eigenvalue weighted by Gasteiger charge is 2.38. The van der Waals surface area contributed by atoms with E-state index >= 15 is 0 Å². The molecule has 13 nitrogen and oxygen atoms in total. The van der Waals surface area contributed by atoms with Gasteiger partial charge in [0.2, 0.25) is 5.91 Å². The van der Waals surface area contributed by atoms with E-state index in [0.29, 0.717) is 35.4 Å². The summed E-state index contributed by atoms with van der Waals surface area (Å²) in [5.74, 6) is -0.653. The minimum absolute atomic E-state index is 0.0564. The van der Waals surface area contributed by atoms with Crippen molar-refractivity contribution in [3.8, 4) is 6.07 Å². The molecule has 1 fully saturated rings. The molecule has 1 aliphatic rings. The fourth-order valence-corrected chi connectivity index (χ4v) is 5.45. The molecule has 2 aromatic heterocycles. The van der Waals surface area contributed by atoms with E-state index in [0.717, 1.165) is 0 Å². The quantitative estimate of drug-likeness (QED) is 0.268. The van der Waals surface area contributed by atoms with E-state index in [2.05, 4.69) is 30.9 Å². The molecule has 3 aromatic rings. The van der Waals surface area contributed by atoms with Gasteiger partial charge in [0.25, 0.3) is 5.56 Å². The number of aryl methyl sites for hydroxylation is 1. The highest BCUT2D eigenvalue weighted by atomic mass is 19.1. The van der Waals surface area contributed by atoms with Crippen LogP contribution in [0, 0.1) is 17.1 Å². The summed E-state index contributed by atoms with van der Waals surface area (Å²) in [6.45, 7) is 6.24. The van der Waals surface area contributed by atoms with Crippen molar-refractivity contribution in [3.05, 3.63) is 69.9 Å². The predicted octanol–water partition coefficient (Wildman–Crippen LogP) is 1.83. The SMILES string of the molecule is C[C@@H]1CN(c2cc(=O)n(C)c3ccc(C#N)nc23)[C@@H](C)CN1C(C(=O)NCCOCCOCCOC(N)=O)c1ccc(F)cc1. The summed E-state index contributed by atoms with van der Waals surface area (Å²) in [5.41, 5.74) is 7.40. The zero-order valence-corrected chi connectivity index (χ0v) is 25.6. The average Bonchev–Trinajstić information content (AvgIpc) is 3.02. The van der Waals surface area contributed by atoms with Crippen LogP contribution in [0.15, 0.2) is 47.3 Å². The molecule has 240 valence electrons. The monoisotopic (exact) mass is 623 g/mol. The minimum Gasteiger partial charge on any atom is -0.447 e. The molecule has 45 heavy (non-hydrogen) atoms. The second kappa shape index (κ2) is 15.4. The molecule has 1 unspecified atom stereocenters. The molecule has 3 heterocycles. The Morgan fingerprint density at radius 1 is 1.07 bits per heavy atom. The van der Waals surface area contributed by atoms with Crippen LogP contribution in [0.25, 0.3) is 11.0 Å². The largest absolute Gasteiger partial charge is 0.447 e. The first-order valence-electron chi connectivity index (χ1n) is 14.6. The molecule has 0 bridgehead atoms. The number of nitrogens with two attached hydrogens (primary N) is 1. The van der Waals surface area contributed by atoms with Crippen LogP contribution in [0.4, 0.5) is 14.9 Å². The topological polar surface area (TPSA) is 165 Å². The van der Waals surface area contributed by atoms with E-state index in [-0.39, 0.29) is 68.8 Å². The first kappa shape index (κ1) is 33.3. The molecule has 1 aromatic carbocycles. The summed E-state index contributed by atoms with van der Waals surface area (Å²) in [5, 5.41) is 12.4. The smallest absolute Gasteiger partial charge is 0.404 e. The Kier molecular flexibility index (Phi) is 11.4. The third-order valence-electron chi connectivity index (χ3n) is 7.68. The lowest BCUT2D eigenvalue weighted by molar-refractivity contribution is -0.128. The maximum Gasteiger partial charge on any atom is 0.404 e. The van der Waals surface area contributed by atoms with Gasteiger partial charge in [-0.05, 0) is 43.7 Å². The van der Waals surface area contributed by atoms with Crippen molar-refractivity contribution in [2.24, 2.45) is 12.8 Å². The number of amides is 2. The lowest BCUT2D eigenvalue weighted by Gasteiger charge is -2.48. The lowest BCUT2D eigenvalue weighted by atomic mass is 9.98. The van der Waals surface area contributed by atoms with Crippen LogP contribution < -0.4 is 21.5 Å². The van der Waals surface area contributed by atoms with Crippen LogP contribution in [0.5, 0.6) is 0 Å². The zero-order valence-electron chi connectivity index (χ0n) is 25.6. The van der Waals surface area contributed by atoms with Gasteiger partial charge in [-0.1, -0.05) is 12.1 Å². The normalized spacial score (nSPS) is 17.5. The molecule has 14 heteroatoms. The van der Waals surface area contributed by atoms with E-state index < -0.39 is 18.0 Å². The Bertz CT molecular complexity index is 1590. The van der Waals surface area contributed by atoms with E-state index in [4.69, 9.17) is 15.2 Å². The standard InChI is InChI=1S/C31H38FN7O6/c1-20-19-39(21(2)18-38(20)26-16-27(40)37(3)25-9-8-24(17-33)36-28(25)26)29(22-4-6-23(32)7-5-22)30(41)35-10-11-43-12-13-44-14-15-45-31(34)42/h4-9,16,20-21,29H,10-15,18-19H2,1-3H3,(H2,34,42)(H,35,41)/t20-,21+,29?/m0/s1. The molecule has 0 spiro atoms. The molecular weight excluding hydrogens is 585 g/mol. The first-order chi connectivity index (χ1) is 21.6. The number of ether oxygens (including phenoxy) is 3. The van der Waals surface area contributed by atoms with E-state index in [1.165, 1.54) is 16.7 Å². The van der Waals surface area contributed by atoms with E-state index in [1.54, 1.807) is 37.4 Å². The first-order valence-corrected chi connectivity index (χ1v) is 14.6. The van der Waals surface area contributed by atoms with Gasteiger partial charge in [-0.2, -0.15) is 5.26 Å². The number of primary amides is 1. The zero-order chi connectivity index (χ0) is 32.5. The second-order valence-electron chi connectivity index (χ2n) is 10.8. The Hall–Kier alpha value is -4.58. The highest BCUT2D eigenvalue weighted by molar-refractivity contribution is 5.89. The lowest BCUT2D eigenvalue weighted by Crippen LogP contribution is -2.59. The van der Waals surface area contributed by atoms with Crippen molar-refractivity contribution >= 4 is 28.7 Å². The van der Waals surface area contributed by atoms with Gasteiger partial charge in [-0.25, -0.2) is 14.2 Å². The fraction of sp³-hybridized carbons (Fsp3) is 0.452. The van der Waals surface area contributed by atoms with Crippen molar-refractivity contribution in [3.63, 3.8) is 0 Å². The van der Waals surface area contributed by atoms with Crippen molar-refractivity contribution in [1.29, 1.82) is 5.26 Å². The van der Waals surface area contributed by atoms with Gasteiger partial charge in [0.15, 0.2) is 0 Å². The molecule has 1 saturated heterocycles. The minimum atomic E-state index is -0.861. The maximum absolute atomic E-state index is 13.8. The van der Waals surface area contributed by atoms with Crippen molar-refractivity contribution < 1.29 is 28.2 Å². The summed E-state index contributed by atoms with van der Waals surface area (Å²) in [4.78, 5) is 45.8. The van der Waals surface area contributed by atoms with Gasteiger partial charge in [-0.3, -0.25) is 14.5 Å². The fourth-order valence-electron chi connectivity index (χ4n) is 5.45. The Morgan fingerprint density at radius 2 is 1.76 bits per heavy atom. The van der Waals surface area contributed by atoms with E-state index in [9.17, 15) is 24.0 Å². The van der Waals surface area contributed by atoms with Crippen LogP contribution in [0.3, 0.4) is 0 Å².